The zero-order valence-electron chi connectivity index (χ0n) is 15.4. The van der Waals surface area contributed by atoms with Crippen LogP contribution >= 0.6 is 73.9 Å². The van der Waals surface area contributed by atoms with Gasteiger partial charge in [0.2, 0.25) is 5.89 Å². The lowest BCUT2D eigenvalue weighted by Crippen LogP contribution is -2.34. The maximum absolute atomic E-state index is 12.4. The van der Waals surface area contributed by atoms with Crippen LogP contribution < -0.4 is 10.6 Å². The molecule has 0 saturated carbocycles. The van der Waals surface area contributed by atoms with E-state index in [9.17, 15) is 4.79 Å². The molecule has 1 heterocycles. The third-order valence-corrected chi connectivity index (χ3v) is 6.32. The van der Waals surface area contributed by atoms with Crippen molar-refractivity contribution in [1.82, 2.24) is 10.3 Å². The van der Waals surface area contributed by atoms with E-state index in [1.165, 1.54) is 12.1 Å². The van der Waals surface area contributed by atoms with Crippen molar-refractivity contribution in [1.29, 1.82) is 0 Å². The predicted octanol–water partition coefficient (Wildman–Crippen LogP) is 7.30. The largest absolute Gasteiger partial charge is 0.436 e. The number of nitrogens with one attached hydrogen (secondary N) is 2. The van der Waals surface area contributed by atoms with Gasteiger partial charge in [-0.1, -0.05) is 23.2 Å². The molecule has 0 saturated heterocycles. The fourth-order valence-electron chi connectivity index (χ4n) is 2.79. The quantitative estimate of drug-likeness (QED) is 0.181. The van der Waals surface area contributed by atoms with E-state index >= 15 is 0 Å². The van der Waals surface area contributed by atoms with Crippen LogP contribution in [0.2, 0.25) is 10.0 Å². The van der Waals surface area contributed by atoms with Crippen LogP contribution in [0.4, 0.5) is 5.69 Å². The van der Waals surface area contributed by atoms with Crippen LogP contribution in [0.3, 0.4) is 0 Å². The van der Waals surface area contributed by atoms with E-state index < -0.39 is 5.91 Å². The topological polar surface area (TPSA) is 67.2 Å². The van der Waals surface area contributed by atoms with Crippen molar-refractivity contribution in [3.63, 3.8) is 0 Å². The van der Waals surface area contributed by atoms with E-state index in [1.807, 2.05) is 18.2 Å². The van der Waals surface area contributed by atoms with E-state index in [0.717, 1.165) is 13.6 Å². The summed E-state index contributed by atoms with van der Waals surface area (Å²) in [7, 11) is 0. The molecule has 1 aromatic heterocycles. The normalized spacial score (nSPS) is 10.8. The molecule has 0 unspecified atom stereocenters. The van der Waals surface area contributed by atoms with Crippen LogP contribution in [0.1, 0.15) is 10.4 Å². The Hall–Kier alpha value is -1.72. The number of oxazole rings is 1. The Bertz CT molecular complexity index is 1350. The van der Waals surface area contributed by atoms with Crippen molar-refractivity contribution in [2.45, 2.75) is 0 Å². The second-order valence-electron chi connectivity index (χ2n) is 6.36. The first kappa shape index (κ1) is 22.5. The molecular formula is C21H11BrCl2IN3O2S. The first-order valence-electron chi connectivity index (χ1n) is 8.73. The van der Waals surface area contributed by atoms with Gasteiger partial charge in [-0.25, -0.2) is 4.98 Å². The first-order valence-corrected chi connectivity index (χ1v) is 11.8. The standard InChI is InChI=1S/C21H11BrCl2IN3O2S/c22-15-5-2-11(25)8-14(15)20-27-17-9-12(3-6-18(17)30-20)26-21(31)28-19(29)13-4-1-10(23)7-16(13)24/h1-9H,(H2,26,28,29,31). The number of rotatable bonds is 3. The highest BCUT2D eigenvalue weighted by molar-refractivity contribution is 14.1. The van der Waals surface area contributed by atoms with Crippen LogP contribution in [0.25, 0.3) is 22.6 Å². The summed E-state index contributed by atoms with van der Waals surface area (Å²) in [5.41, 5.74) is 3.08. The van der Waals surface area contributed by atoms with Crippen LogP contribution in [0.5, 0.6) is 0 Å². The lowest BCUT2D eigenvalue weighted by molar-refractivity contribution is 0.0978. The number of aromatic nitrogens is 1. The molecule has 0 atom stereocenters. The molecule has 2 N–H and O–H groups in total. The highest BCUT2D eigenvalue weighted by Gasteiger charge is 2.14. The van der Waals surface area contributed by atoms with Crippen molar-refractivity contribution < 1.29 is 9.21 Å². The van der Waals surface area contributed by atoms with Crippen molar-refractivity contribution in [3.8, 4) is 11.5 Å². The Balaban J connectivity index is 1.51. The van der Waals surface area contributed by atoms with E-state index in [2.05, 4.69) is 54.1 Å². The van der Waals surface area contributed by atoms with Gasteiger partial charge < -0.3 is 9.73 Å². The Morgan fingerprint density at radius 1 is 1.10 bits per heavy atom. The number of hydrogen-bond donors (Lipinski definition) is 2. The minimum absolute atomic E-state index is 0.124. The monoisotopic (exact) mass is 645 g/mol. The molecule has 4 rings (SSSR count). The number of nitrogens with zero attached hydrogens (tertiary/aromatic N) is 1. The van der Waals surface area contributed by atoms with Crippen LogP contribution in [-0.4, -0.2) is 16.0 Å². The van der Waals surface area contributed by atoms with Gasteiger partial charge in [-0.15, -0.1) is 0 Å². The molecule has 0 aliphatic carbocycles. The number of hydrogen-bond acceptors (Lipinski definition) is 4. The van der Waals surface area contributed by atoms with Crippen molar-refractivity contribution in [2.24, 2.45) is 0 Å². The zero-order chi connectivity index (χ0) is 22.1. The summed E-state index contributed by atoms with van der Waals surface area (Å²) >= 11 is 23.0. The molecular weight excluding hydrogens is 636 g/mol. The molecule has 1 amide bonds. The summed E-state index contributed by atoms with van der Waals surface area (Å²) in [6.45, 7) is 0. The lowest BCUT2D eigenvalue weighted by Gasteiger charge is -2.10. The van der Waals surface area contributed by atoms with Gasteiger partial charge >= 0.3 is 0 Å². The van der Waals surface area contributed by atoms with E-state index in [0.29, 0.717) is 27.7 Å². The number of amides is 1. The molecule has 0 fully saturated rings. The van der Waals surface area contributed by atoms with Gasteiger partial charge in [0.05, 0.1) is 16.1 Å². The third kappa shape index (κ3) is 5.20. The van der Waals surface area contributed by atoms with Gasteiger partial charge in [0.15, 0.2) is 10.7 Å². The van der Waals surface area contributed by atoms with Gasteiger partial charge in [-0.2, -0.15) is 0 Å². The average Bonchev–Trinajstić information content (AvgIpc) is 3.12. The van der Waals surface area contributed by atoms with E-state index in [1.54, 1.807) is 24.3 Å². The molecule has 4 aromatic rings. The fourth-order valence-corrected chi connectivity index (χ4v) is 4.40. The summed E-state index contributed by atoms with van der Waals surface area (Å²) in [4.78, 5) is 17.0. The SMILES string of the molecule is O=C(NC(=S)Nc1ccc2oc(-c3cc(I)ccc3Br)nc2c1)c1ccc(Cl)cc1Cl. The number of benzene rings is 3. The van der Waals surface area contributed by atoms with Gasteiger partial charge in [-0.3, -0.25) is 10.1 Å². The maximum Gasteiger partial charge on any atom is 0.258 e. The van der Waals surface area contributed by atoms with Crippen molar-refractivity contribution >= 4 is 102 Å². The Labute approximate surface area is 214 Å². The lowest BCUT2D eigenvalue weighted by atomic mass is 10.2. The molecule has 0 aliphatic heterocycles. The highest BCUT2D eigenvalue weighted by atomic mass is 127. The van der Waals surface area contributed by atoms with Crippen LogP contribution in [-0.2, 0) is 0 Å². The summed E-state index contributed by atoms with van der Waals surface area (Å²) < 4.78 is 7.86. The minimum atomic E-state index is -0.438. The van der Waals surface area contributed by atoms with E-state index in [4.69, 9.17) is 39.8 Å². The average molecular weight is 647 g/mol. The number of carbonyl (C=O) groups is 1. The maximum atomic E-state index is 12.4. The number of carbonyl (C=O) groups excluding carboxylic acids is 1. The number of anilines is 1. The Morgan fingerprint density at radius 2 is 1.90 bits per heavy atom. The molecule has 0 radical (unpaired) electrons. The van der Waals surface area contributed by atoms with E-state index in [-0.39, 0.29) is 15.7 Å². The Kier molecular flexibility index (Phi) is 6.83. The summed E-state index contributed by atoms with van der Waals surface area (Å²) in [6.07, 6.45) is 0. The first-order chi connectivity index (χ1) is 14.8. The Morgan fingerprint density at radius 3 is 2.68 bits per heavy atom. The number of halogens is 4. The zero-order valence-corrected chi connectivity index (χ0v) is 21.5. The molecule has 5 nitrogen and oxygen atoms in total. The molecule has 0 bridgehead atoms. The third-order valence-electron chi connectivity index (χ3n) is 4.21. The highest BCUT2D eigenvalue weighted by Crippen LogP contribution is 2.32. The molecule has 0 spiro atoms. The number of fused-ring (bicyclic) bond motifs is 1. The van der Waals surface area contributed by atoms with Crippen LogP contribution in [0, 0.1) is 3.57 Å². The summed E-state index contributed by atoms with van der Waals surface area (Å²) in [5.74, 6) is 0.0679. The van der Waals surface area contributed by atoms with Crippen molar-refractivity contribution in [3.05, 3.63) is 78.2 Å². The minimum Gasteiger partial charge on any atom is -0.436 e. The van der Waals surface area contributed by atoms with Gasteiger partial charge in [0.1, 0.15) is 5.52 Å². The van der Waals surface area contributed by atoms with Gasteiger partial charge in [-0.05, 0) is 105 Å². The predicted molar refractivity (Wildman–Crippen MR) is 140 cm³/mol. The molecule has 10 heteroatoms. The van der Waals surface area contributed by atoms with Crippen molar-refractivity contribution in [2.75, 3.05) is 5.32 Å². The molecule has 3 aromatic carbocycles. The summed E-state index contributed by atoms with van der Waals surface area (Å²) in [6, 6.07) is 15.9. The molecule has 0 aliphatic rings. The second kappa shape index (κ2) is 9.41. The smallest absolute Gasteiger partial charge is 0.258 e. The van der Waals surface area contributed by atoms with Crippen LogP contribution in [0.15, 0.2) is 63.5 Å². The summed E-state index contributed by atoms with van der Waals surface area (Å²) in [5, 5.41) is 6.38. The molecule has 156 valence electrons. The van der Waals surface area contributed by atoms with Gasteiger partial charge in [0, 0.05) is 18.8 Å². The second-order valence-corrected chi connectivity index (χ2v) is 9.71. The fraction of sp³-hybridized carbons (Fsp3) is 0. The molecule has 31 heavy (non-hydrogen) atoms. The number of thiocarbonyl (C=S) groups is 1. The van der Waals surface area contributed by atoms with Gasteiger partial charge in [0.25, 0.3) is 5.91 Å².